The molecule has 1 aliphatic rings. The zero-order valence-corrected chi connectivity index (χ0v) is 12.7. The maximum atomic E-state index is 11.7. The van der Waals surface area contributed by atoms with E-state index < -0.39 is 12.1 Å². The molecule has 1 N–H and O–H groups in total. The Kier molecular flexibility index (Phi) is 5.21. The number of carbonyl (C=O) groups excluding carboxylic acids is 2. The van der Waals surface area contributed by atoms with Crippen molar-refractivity contribution in [2.45, 2.75) is 13.0 Å². The monoisotopic (exact) mass is 308 g/mol. The Morgan fingerprint density at radius 1 is 1.18 bits per heavy atom. The van der Waals surface area contributed by atoms with Crippen molar-refractivity contribution in [3.8, 4) is 11.5 Å². The zero-order chi connectivity index (χ0) is 16.1. The summed E-state index contributed by atoms with van der Waals surface area (Å²) >= 11 is 0. The number of imide groups is 1. The van der Waals surface area contributed by atoms with Crippen molar-refractivity contribution >= 4 is 11.9 Å². The lowest BCUT2D eigenvalue weighted by Crippen LogP contribution is -2.40. The van der Waals surface area contributed by atoms with Crippen molar-refractivity contribution in [2.24, 2.45) is 0 Å². The highest BCUT2D eigenvalue weighted by molar-refractivity contribution is 6.01. The molecule has 0 saturated carbocycles. The second kappa shape index (κ2) is 7.13. The summed E-state index contributed by atoms with van der Waals surface area (Å²) in [6.07, 6.45) is -0.939. The Morgan fingerprint density at radius 3 is 2.27 bits per heavy atom. The molecule has 1 aliphatic heterocycles. The van der Waals surface area contributed by atoms with Gasteiger partial charge in [-0.3, -0.25) is 9.69 Å². The molecule has 1 heterocycles. The number of hydrogen-bond donors (Lipinski definition) is 1. The molecular formula is C15H20N2O5. The van der Waals surface area contributed by atoms with Crippen LogP contribution in [0.4, 0.5) is 4.79 Å². The van der Waals surface area contributed by atoms with E-state index in [0.717, 1.165) is 10.6 Å². The molecule has 7 heteroatoms. The van der Waals surface area contributed by atoms with E-state index in [4.69, 9.17) is 9.47 Å². The van der Waals surface area contributed by atoms with Crippen LogP contribution < -0.4 is 9.47 Å². The van der Waals surface area contributed by atoms with Crippen molar-refractivity contribution in [3.05, 3.63) is 24.3 Å². The minimum absolute atomic E-state index is 0.00520. The van der Waals surface area contributed by atoms with E-state index in [0.29, 0.717) is 12.4 Å². The number of nitrogens with zero attached hydrogens (tertiary/aromatic N) is 2. The number of rotatable bonds is 7. The summed E-state index contributed by atoms with van der Waals surface area (Å²) in [5.41, 5.74) is 0. The number of ether oxygens (including phenoxy) is 2. The fraction of sp³-hybridized carbons (Fsp3) is 0.467. The zero-order valence-electron chi connectivity index (χ0n) is 12.7. The molecule has 0 spiro atoms. The topological polar surface area (TPSA) is 79.3 Å². The van der Waals surface area contributed by atoms with E-state index in [-0.39, 0.29) is 25.6 Å². The maximum absolute atomic E-state index is 11.7. The van der Waals surface area contributed by atoms with Crippen LogP contribution in [0.5, 0.6) is 11.5 Å². The van der Waals surface area contributed by atoms with E-state index in [2.05, 4.69) is 0 Å². The summed E-state index contributed by atoms with van der Waals surface area (Å²) < 4.78 is 10.8. The molecule has 1 fully saturated rings. The van der Waals surface area contributed by atoms with Crippen LogP contribution in [0.25, 0.3) is 0 Å². The predicted molar refractivity (Wildman–Crippen MR) is 78.9 cm³/mol. The first-order chi connectivity index (χ1) is 10.5. The van der Waals surface area contributed by atoms with Crippen LogP contribution in [-0.4, -0.2) is 66.3 Å². The molecule has 7 nitrogen and oxygen atoms in total. The molecule has 1 unspecified atom stereocenters. The van der Waals surface area contributed by atoms with Gasteiger partial charge in [-0.2, -0.15) is 0 Å². The Bertz CT molecular complexity index is 531. The highest BCUT2D eigenvalue weighted by Gasteiger charge is 2.34. The number of amides is 3. The summed E-state index contributed by atoms with van der Waals surface area (Å²) in [5.74, 6) is 1.01. The number of aliphatic hydroxyl groups excluding tert-OH is 1. The minimum atomic E-state index is -0.939. The van der Waals surface area contributed by atoms with Crippen LogP contribution in [0, 0.1) is 0 Å². The highest BCUT2D eigenvalue weighted by atomic mass is 16.5. The molecule has 0 bridgehead atoms. The van der Waals surface area contributed by atoms with Gasteiger partial charge in [-0.25, -0.2) is 4.79 Å². The highest BCUT2D eigenvalue weighted by Crippen LogP contribution is 2.18. The third-order valence-electron chi connectivity index (χ3n) is 3.20. The van der Waals surface area contributed by atoms with Gasteiger partial charge >= 0.3 is 6.03 Å². The summed E-state index contributed by atoms with van der Waals surface area (Å²) in [7, 11) is 1.54. The molecule has 1 aromatic rings. The lowest BCUT2D eigenvalue weighted by molar-refractivity contribution is -0.126. The molecule has 2 rings (SSSR count). The van der Waals surface area contributed by atoms with Gasteiger partial charge in [0, 0.05) is 7.05 Å². The van der Waals surface area contributed by atoms with Crippen molar-refractivity contribution < 1.29 is 24.2 Å². The fourth-order valence-corrected chi connectivity index (χ4v) is 2.10. The van der Waals surface area contributed by atoms with E-state index in [9.17, 15) is 14.7 Å². The number of likely N-dealkylation sites (N-methyl/N-ethyl adjacent to an activating group) is 1. The van der Waals surface area contributed by atoms with E-state index >= 15 is 0 Å². The van der Waals surface area contributed by atoms with Gasteiger partial charge in [-0.1, -0.05) is 0 Å². The third kappa shape index (κ3) is 3.88. The van der Waals surface area contributed by atoms with Crippen LogP contribution >= 0.6 is 0 Å². The van der Waals surface area contributed by atoms with Gasteiger partial charge < -0.3 is 19.5 Å². The van der Waals surface area contributed by atoms with E-state index in [1.165, 1.54) is 4.90 Å². The Balaban J connectivity index is 1.81. The van der Waals surface area contributed by atoms with Crippen molar-refractivity contribution in [3.63, 3.8) is 0 Å². The summed E-state index contributed by atoms with van der Waals surface area (Å²) in [6, 6.07) is 6.61. The smallest absolute Gasteiger partial charge is 0.327 e. The predicted octanol–water partition coefficient (Wildman–Crippen LogP) is 0.719. The van der Waals surface area contributed by atoms with Gasteiger partial charge in [0.2, 0.25) is 5.91 Å². The van der Waals surface area contributed by atoms with E-state index in [1.807, 2.05) is 6.92 Å². The second-order valence-corrected chi connectivity index (χ2v) is 5.01. The number of β-amino-alcohol motifs (C(OH)–C–C–N with tert-alkyl or cyclic N) is 1. The normalized spacial score (nSPS) is 16.1. The van der Waals surface area contributed by atoms with Crippen molar-refractivity contribution in [2.75, 3.05) is 33.4 Å². The SMILES string of the molecule is CCOc1ccc(OCC(O)CN2C(=O)CN(C)C2=O)cc1. The average Bonchev–Trinajstić information content (AvgIpc) is 2.73. The number of aliphatic hydroxyl groups is 1. The first-order valence-electron chi connectivity index (χ1n) is 7.10. The minimum Gasteiger partial charge on any atom is -0.494 e. The molecule has 120 valence electrons. The lowest BCUT2D eigenvalue weighted by atomic mass is 10.3. The number of urea groups is 1. The Morgan fingerprint density at radius 2 is 1.77 bits per heavy atom. The van der Waals surface area contributed by atoms with E-state index in [1.54, 1.807) is 31.3 Å². The van der Waals surface area contributed by atoms with Crippen LogP contribution in [-0.2, 0) is 4.79 Å². The Labute approximate surface area is 129 Å². The summed E-state index contributed by atoms with van der Waals surface area (Å²) in [6.45, 7) is 2.46. The number of carbonyl (C=O) groups is 2. The van der Waals surface area contributed by atoms with Crippen LogP contribution in [0.2, 0.25) is 0 Å². The quantitative estimate of drug-likeness (QED) is 0.751. The molecule has 1 atom stereocenters. The molecule has 22 heavy (non-hydrogen) atoms. The molecule has 3 amide bonds. The fourth-order valence-electron chi connectivity index (χ4n) is 2.10. The summed E-state index contributed by atoms with van der Waals surface area (Å²) in [5, 5.41) is 9.92. The standard InChI is InChI=1S/C15H20N2O5/c1-3-21-12-4-6-13(7-5-12)22-10-11(18)8-17-14(19)9-16(2)15(17)20/h4-7,11,18H,3,8-10H2,1-2H3. The molecule has 1 saturated heterocycles. The lowest BCUT2D eigenvalue weighted by Gasteiger charge is -2.18. The van der Waals surface area contributed by atoms with Crippen LogP contribution in [0.1, 0.15) is 6.92 Å². The van der Waals surface area contributed by atoms with Gasteiger partial charge in [0.15, 0.2) is 0 Å². The van der Waals surface area contributed by atoms with Crippen LogP contribution in [0.15, 0.2) is 24.3 Å². The number of benzene rings is 1. The first-order valence-corrected chi connectivity index (χ1v) is 7.10. The number of hydrogen-bond acceptors (Lipinski definition) is 5. The second-order valence-electron chi connectivity index (χ2n) is 5.01. The van der Waals surface area contributed by atoms with Gasteiger partial charge in [0.25, 0.3) is 0 Å². The third-order valence-corrected chi connectivity index (χ3v) is 3.20. The Hall–Kier alpha value is -2.28. The van der Waals surface area contributed by atoms with Gasteiger partial charge in [-0.15, -0.1) is 0 Å². The summed E-state index contributed by atoms with van der Waals surface area (Å²) in [4.78, 5) is 25.6. The average molecular weight is 308 g/mol. The van der Waals surface area contributed by atoms with Gasteiger partial charge in [-0.05, 0) is 31.2 Å². The molecule has 0 aliphatic carbocycles. The van der Waals surface area contributed by atoms with Crippen molar-refractivity contribution in [1.29, 1.82) is 0 Å². The van der Waals surface area contributed by atoms with Crippen LogP contribution in [0.3, 0.4) is 0 Å². The largest absolute Gasteiger partial charge is 0.494 e. The van der Waals surface area contributed by atoms with Gasteiger partial charge in [0.05, 0.1) is 13.2 Å². The molecule has 0 aromatic heterocycles. The first kappa shape index (κ1) is 16.1. The maximum Gasteiger partial charge on any atom is 0.327 e. The molecular weight excluding hydrogens is 288 g/mol. The molecule has 0 radical (unpaired) electrons. The van der Waals surface area contributed by atoms with Crippen molar-refractivity contribution in [1.82, 2.24) is 9.80 Å². The molecule has 1 aromatic carbocycles. The van der Waals surface area contributed by atoms with Gasteiger partial charge in [0.1, 0.15) is 30.8 Å².